The van der Waals surface area contributed by atoms with Crippen molar-refractivity contribution in [2.45, 2.75) is 20.0 Å². The van der Waals surface area contributed by atoms with Gasteiger partial charge in [-0.2, -0.15) is 0 Å². The zero-order valence-electron chi connectivity index (χ0n) is 15.1. The molecule has 0 aromatic carbocycles. The number of hydrogen-bond acceptors (Lipinski definition) is 4. The highest BCUT2D eigenvalue weighted by Gasteiger charge is 2.16. The Bertz CT molecular complexity index is 779. The van der Waals surface area contributed by atoms with Crippen molar-refractivity contribution in [2.24, 2.45) is 12.0 Å². The Labute approximate surface area is 155 Å². The second kappa shape index (κ2) is 8.24. The van der Waals surface area contributed by atoms with E-state index in [1.165, 1.54) is 7.11 Å². The number of halogens is 1. The summed E-state index contributed by atoms with van der Waals surface area (Å²) in [6, 6.07) is 3.76. The summed E-state index contributed by atoms with van der Waals surface area (Å²) in [6.07, 6.45) is 2.01. The standard InChI is InChI=1S/C17H23BrN4O3/c1-11-15(16(23)24-5)7-14(25-11)8-20-17(19-2)22(4)10-13-6-12(18)9-21(13)3/h6-7,9H,8,10H2,1-5H3,(H,19,20). The number of aromatic nitrogens is 1. The summed E-state index contributed by atoms with van der Waals surface area (Å²) < 4.78 is 13.4. The van der Waals surface area contributed by atoms with E-state index in [0.29, 0.717) is 30.2 Å². The van der Waals surface area contributed by atoms with Crippen molar-refractivity contribution in [3.05, 3.63) is 45.6 Å². The van der Waals surface area contributed by atoms with Gasteiger partial charge in [0.15, 0.2) is 5.96 Å². The maximum absolute atomic E-state index is 11.6. The summed E-state index contributed by atoms with van der Waals surface area (Å²) in [5.41, 5.74) is 1.59. The molecule has 0 aliphatic carbocycles. The minimum absolute atomic E-state index is 0.400. The molecule has 0 saturated heterocycles. The van der Waals surface area contributed by atoms with Gasteiger partial charge in [0.1, 0.15) is 17.1 Å². The van der Waals surface area contributed by atoms with Gasteiger partial charge in [-0.15, -0.1) is 0 Å². The first kappa shape index (κ1) is 19.1. The fraction of sp³-hybridized carbons (Fsp3) is 0.412. The number of methoxy groups -OCH3 is 1. The maximum atomic E-state index is 11.6. The number of aliphatic imine (C=N–C) groups is 1. The second-order valence-electron chi connectivity index (χ2n) is 5.69. The van der Waals surface area contributed by atoms with E-state index in [2.05, 4.69) is 36.9 Å². The number of nitrogens with zero attached hydrogens (tertiary/aromatic N) is 3. The lowest BCUT2D eigenvalue weighted by molar-refractivity contribution is 0.0599. The minimum Gasteiger partial charge on any atom is -0.465 e. The molecule has 0 spiro atoms. The van der Waals surface area contributed by atoms with Crippen LogP contribution in [0.2, 0.25) is 0 Å². The largest absolute Gasteiger partial charge is 0.465 e. The van der Waals surface area contributed by atoms with Crippen LogP contribution in [0.15, 0.2) is 32.2 Å². The molecule has 0 aliphatic heterocycles. The van der Waals surface area contributed by atoms with Crippen LogP contribution in [-0.4, -0.2) is 42.6 Å². The van der Waals surface area contributed by atoms with E-state index in [1.54, 1.807) is 20.0 Å². The van der Waals surface area contributed by atoms with Crippen LogP contribution in [0.5, 0.6) is 0 Å². The van der Waals surface area contributed by atoms with Crippen LogP contribution in [0.1, 0.15) is 27.6 Å². The zero-order valence-corrected chi connectivity index (χ0v) is 16.7. The highest BCUT2D eigenvalue weighted by Crippen LogP contribution is 2.16. The van der Waals surface area contributed by atoms with Crippen molar-refractivity contribution < 1.29 is 13.9 Å². The average Bonchev–Trinajstić information content (AvgIpc) is 3.09. The summed E-state index contributed by atoms with van der Waals surface area (Å²) in [5, 5.41) is 3.24. The molecule has 136 valence electrons. The van der Waals surface area contributed by atoms with E-state index < -0.39 is 5.97 Å². The van der Waals surface area contributed by atoms with Crippen molar-refractivity contribution in [1.82, 2.24) is 14.8 Å². The maximum Gasteiger partial charge on any atom is 0.341 e. The lowest BCUT2D eigenvalue weighted by Crippen LogP contribution is -2.38. The smallest absolute Gasteiger partial charge is 0.341 e. The Morgan fingerprint density at radius 3 is 2.76 bits per heavy atom. The molecule has 0 unspecified atom stereocenters. The third-order valence-electron chi connectivity index (χ3n) is 3.84. The third-order valence-corrected chi connectivity index (χ3v) is 4.28. The van der Waals surface area contributed by atoms with Crippen molar-refractivity contribution in [3.63, 3.8) is 0 Å². The fourth-order valence-corrected chi connectivity index (χ4v) is 3.11. The van der Waals surface area contributed by atoms with Crippen molar-refractivity contribution in [3.8, 4) is 0 Å². The van der Waals surface area contributed by atoms with E-state index in [9.17, 15) is 4.79 Å². The van der Waals surface area contributed by atoms with Gasteiger partial charge in [-0.25, -0.2) is 4.79 Å². The lowest BCUT2D eigenvalue weighted by Gasteiger charge is -2.22. The molecule has 7 nitrogen and oxygen atoms in total. The normalized spacial score (nSPS) is 11.5. The van der Waals surface area contributed by atoms with Crippen LogP contribution in [-0.2, 0) is 24.9 Å². The number of carbonyl (C=O) groups excluding carboxylic acids is 1. The van der Waals surface area contributed by atoms with E-state index in [-0.39, 0.29) is 0 Å². The van der Waals surface area contributed by atoms with Crippen LogP contribution in [0.3, 0.4) is 0 Å². The van der Waals surface area contributed by atoms with E-state index in [0.717, 1.165) is 16.1 Å². The van der Waals surface area contributed by atoms with Crippen LogP contribution >= 0.6 is 15.9 Å². The molecular formula is C17H23BrN4O3. The molecule has 0 fully saturated rings. The molecule has 1 N–H and O–H groups in total. The van der Waals surface area contributed by atoms with Gasteiger partial charge < -0.3 is 23.9 Å². The number of aryl methyl sites for hydroxylation is 2. The quantitative estimate of drug-likeness (QED) is 0.466. The van der Waals surface area contributed by atoms with Gasteiger partial charge in [0.2, 0.25) is 0 Å². The molecule has 2 rings (SSSR count). The molecule has 0 amide bonds. The Morgan fingerprint density at radius 2 is 2.20 bits per heavy atom. The van der Waals surface area contributed by atoms with Crippen molar-refractivity contribution in [2.75, 3.05) is 21.2 Å². The first-order valence-electron chi connectivity index (χ1n) is 7.75. The number of guanidine groups is 1. The van der Waals surface area contributed by atoms with Gasteiger partial charge in [0.05, 0.1) is 20.2 Å². The van der Waals surface area contributed by atoms with Gasteiger partial charge >= 0.3 is 5.97 Å². The Morgan fingerprint density at radius 1 is 1.48 bits per heavy atom. The number of carbonyl (C=O) groups is 1. The van der Waals surface area contributed by atoms with Crippen molar-refractivity contribution >= 4 is 27.9 Å². The summed E-state index contributed by atoms with van der Waals surface area (Å²) >= 11 is 3.48. The topological polar surface area (TPSA) is 72.0 Å². The van der Waals surface area contributed by atoms with Crippen molar-refractivity contribution in [1.29, 1.82) is 0 Å². The molecule has 0 radical (unpaired) electrons. The second-order valence-corrected chi connectivity index (χ2v) is 6.61. The highest BCUT2D eigenvalue weighted by atomic mass is 79.9. The molecule has 0 saturated carbocycles. The van der Waals surface area contributed by atoms with Gasteiger partial charge in [0.25, 0.3) is 0 Å². The van der Waals surface area contributed by atoms with E-state index in [4.69, 9.17) is 9.15 Å². The number of esters is 1. The summed E-state index contributed by atoms with van der Waals surface area (Å²) in [4.78, 5) is 18.0. The van der Waals surface area contributed by atoms with Gasteiger partial charge in [-0.3, -0.25) is 4.99 Å². The monoisotopic (exact) mass is 410 g/mol. The number of rotatable bonds is 5. The molecule has 2 heterocycles. The predicted molar refractivity (Wildman–Crippen MR) is 99.6 cm³/mol. The number of furan rings is 1. The molecule has 8 heteroatoms. The predicted octanol–water partition coefficient (Wildman–Crippen LogP) is 2.68. The van der Waals surface area contributed by atoms with Crippen LogP contribution in [0.4, 0.5) is 0 Å². The van der Waals surface area contributed by atoms with Gasteiger partial charge in [0, 0.05) is 37.5 Å². The van der Waals surface area contributed by atoms with Gasteiger partial charge in [-0.1, -0.05) is 0 Å². The minimum atomic E-state index is -0.400. The number of hydrogen-bond donors (Lipinski definition) is 1. The Hall–Kier alpha value is -2.22. The highest BCUT2D eigenvalue weighted by molar-refractivity contribution is 9.10. The third kappa shape index (κ3) is 4.66. The molecule has 25 heavy (non-hydrogen) atoms. The molecule has 0 aliphatic rings. The number of nitrogens with one attached hydrogen (secondary N) is 1. The van der Waals surface area contributed by atoms with Crippen LogP contribution in [0, 0.1) is 6.92 Å². The van der Waals surface area contributed by atoms with E-state index in [1.807, 2.05) is 25.2 Å². The fourth-order valence-electron chi connectivity index (χ4n) is 2.54. The number of ether oxygens (including phenoxy) is 1. The first-order valence-corrected chi connectivity index (χ1v) is 8.55. The molecule has 0 bridgehead atoms. The SMILES string of the molecule is CN=C(NCc1cc(C(=O)OC)c(C)o1)N(C)Cc1cc(Br)cn1C. The van der Waals surface area contributed by atoms with Gasteiger partial charge in [-0.05, 0) is 35.0 Å². The van der Waals surface area contributed by atoms with E-state index >= 15 is 0 Å². The summed E-state index contributed by atoms with van der Waals surface area (Å²) in [7, 11) is 7.05. The molecule has 2 aromatic rings. The summed E-state index contributed by atoms with van der Waals surface area (Å²) in [5.74, 6) is 1.52. The van der Waals surface area contributed by atoms with Crippen LogP contribution < -0.4 is 5.32 Å². The average molecular weight is 411 g/mol. The zero-order chi connectivity index (χ0) is 18.6. The first-order chi connectivity index (χ1) is 11.8. The Kier molecular flexibility index (Phi) is 6.30. The van der Waals surface area contributed by atoms with Crippen LogP contribution in [0.25, 0.3) is 0 Å². The molecule has 2 aromatic heterocycles. The lowest BCUT2D eigenvalue weighted by atomic mass is 10.2. The molecular weight excluding hydrogens is 388 g/mol. The summed E-state index contributed by atoms with van der Waals surface area (Å²) in [6.45, 7) is 2.86. The Balaban J connectivity index is 2.00. The molecule has 0 atom stereocenters.